The molecule has 2 rings (SSSR count). The van der Waals surface area contributed by atoms with Gasteiger partial charge in [-0.1, -0.05) is 36.7 Å². The Balaban J connectivity index is 1.89. The highest BCUT2D eigenvalue weighted by atomic mass is 35.5. The molecular formula is C17H25ClN2O2. The first kappa shape index (κ1) is 17.3. The molecule has 122 valence electrons. The second-order valence-electron chi connectivity index (χ2n) is 6.59. The van der Waals surface area contributed by atoms with Gasteiger partial charge in [-0.3, -0.25) is 9.69 Å². The number of nitrogens with zero attached hydrogens (tertiary/aromatic N) is 1. The first-order valence-corrected chi connectivity index (χ1v) is 8.18. The molecule has 1 fully saturated rings. The summed E-state index contributed by atoms with van der Waals surface area (Å²) in [6.45, 7) is 6.21. The second kappa shape index (κ2) is 7.44. The number of halogens is 1. The van der Waals surface area contributed by atoms with E-state index in [0.29, 0.717) is 11.6 Å². The summed E-state index contributed by atoms with van der Waals surface area (Å²) in [7, 11) is 0. The molecule has 0 spiro atoms. The number of nitrogens with one attached hydrogen (secondary N) is 1. The van der Waals surface area contributed by atoms with Crippen LogP contribution >= 0.6 is 11.6 Å². The summed E-state index contributed by atoms with van der Waals surface area (Å²) in [4.78, 5) is 14.4. The molecule has 2 N–H and O–H groups in total. The van der Waals surface area contributed by atoms with Crippen molar-refractivity contribution in [3.8, 4) is 0 Å². The Kier molecular flexibility index (Phi) is 5.84. The number of aliphatic hydroxyl groups excluding tert-OH is 1. The number of aliphatic hydroxyl groups is 1. The molecule has 2 atom stereocenters. The lowest BCUT2D eigenvalue weighted by atomic mass is 9.83. The number of piperidine rings is 1. The molecule has 1 aromatic carbocycles. The van der Waals surface area contributed by atoms with Crippen LogP contribution in [0.15, 0.2) is 24.3 Å². The lowest BCUT2D eigenvalue weighted by molar-refractivity contribution is -0.123. The molecule has 1 aromatic rings. The highest BCUT2D eigenvalue weighted by Crippen LogP contribution is 2.28. The number of rotatable bonds is 5. The van der Waals surface area contributed by atoms with Crippen LogP contribution in [-0.2, 0) is 4.79 Å². The zero-order chi connectivity index (χ0) is 16.2. The van der Waals surface area contributed by atoms with E-state index in [1.807, 2.05) is 31.2 Å². The molecule has 0 aromatic heterocycles. The number of likely N-dealkylation sites (tertiary alicyclic amines) is 1. The van der Waals surface area contributed by atoms with Crippen molar-refractivity contribution in [1.82, 2.24) is 10.2 Å². The van der Waals surface area contributed by atoms with E-state index in [9.17, 15) is 9.90 Å². The number of benzene rings is 1. The molecule has 1 aliphatic heterocycles. The molecule has 1 saturated heterocycles. The lowest BCUT2D eigenvalue weighted by Crippen LogP contribution is -2.47. The summed E-state index contributed by atoms with van der Waals surface area (Å²) < 4.78 is 0. The van der Waals surface area contributed by atoms with Crippen molar-refractivity contribution in [3.05, 3.63) is 34.9 Å². The number of hydrogen-bond acceptors (Lipinski definition) is 3. The van der Waals surface area contributed by atoms with Crippen molar-refractivity contribution in [2.45, 2.75) is 32.7 Å². The van der Waals surface area contributed by atoms with Crippen molar-refractivity contribution in [3.63, 3.8) is 0 Å². The molecular weight excluding hydrogens is 300 g/mol. The predicted molar refractivity (Wildman–Crippen MR) is 88.9 cm³/mol. The van der Waals surface area contributed by atoms with Gasteiger partial charge in [0.2, 0.25) is 5.91 Å². The minimum absolute atomic E-state index is 0.00499. The highest BCUT2D eigenvalue weighted by molar-refractivity contribution is 6.31. The zero-order valence-electron chi connectivity index (χ0n) is 13.3. The van der Waals surface area contributed by atoms with Gasteiger partial charge >= 0.3 is 0 Å². The van der Waals surface area contributed by atoms with Crippen LogP contribution < -0.4 is 5.32 Å². The van der Waals surface area contributed by atoms with E-state index in [1.165, 1.54) is 0 Å². The Labute approximate surface area is 137 Å². The highest BCUT2D eigenvalue weighted by Gasteiger charge is 2.31. The molecule has 1 aliphatic rings. The molecule has 4 nitrogen and oxygen atoms in total. The number of hydrogen-bond donors (Lipinski definition) is 2. The van der Waals surface area contributed by atoms with Crippen molar-refractivity contribution < 1.29 is 9.90 Å². The Morgan fingerprint density at radius 1 is 1.50 bits per heavy atom. The quantitative estimate of drug-likeness (QED) is 0.875. The summed E-state index contributed by atoms with van der Waals surface area (Å²) in [5, 5.41) is 13.2. The Bertz CT molecular complexity index is 523. The second-order valence-corrected chi connectivity index (χ2v) is 7.00. The largest absolute Gasteiger partial charge is 0.396 e. The Morgan fingerprint density at radius 3 is 2.91 bits per heavy atom. The monoisotopic (exact) mass is 324 g/mol. The Hall–Kier alpha value is -1.10. The maximum atomic E-state index is 12.2. The summed E-state index contributed by atoms with van der Waals surface area (Å²) >= 11 is 6.16. The van der Waals surface area contributed by atoms with Crippen molar-refractivity contribution >= 4 is 17.5 Å². The van der Waals surface area contributed by atoms with Gasteiger partial charge in [0, 0.05) is 23.6 Å². The van der Waals surface area contributed by atoms with Crippen LogP contribution in [0.1, 0.15) is 38.3 Å². The van der Waals surface area contributed by atoms with Crippen LogP contribution in [0.4, 0.5) is 0 Å². The summed E-state index contributed by atoms with van der Waals surface area (Å²) in [5.74, 6) is -0.00499. The molecule has 0 aliphatic carbocycles. The fourth-order valence-corrected chi connectivity index (χ4v) is 3.39. The first-order chi connectivity index (χ1) is 10.4. The van der Waals surface area contributed by atoms with E-state index in [1.54, 1.807) is 0 Å². The molecule has 1 heterocycles. The molecule has 22 heavy (non-hydrogen) atoms. The first-order valence-electron chi connectivity index (χ1n) is 7.80. The molecule has 5 heteroatoms. The molecule has 1 amide bonds. The van der Waals surface area contributed by atoms with E-state index < -0.39 is 0 Å². The average molecular weight is 325 g/mol. The lowest BCUT2D eigenvalue weighted by Gasteiger charge is -2.39. The SMILES string of the molecule is CC(NC(=O)CN1CCCC(C)(CO)C1)c1ccccc1Cl. The smallest absolute Gasteiger partial charge is 0.234 e. The third-order valence-corrected chi connectivity index (χ3v) is 4.70. The number of amides is 1. The van der Waals surface area contributed by atoms with Gasteiger partial charge in [-0.05, 0) is 37.9 Å². The fourth-order valence-electron chi connectivity index (χ4n) is 3.09. The van der Waals surface area contributed by atoms with Gasteiger partial charge < -0.3 is 10.4 Å². The minimum Gasteiger partial charge on any atom is -0.396 e. The van der Waals surface area contributed by atoms with Crippen molar-refractivity contribution in [2.75, 3.05) is 26.2 Å². The number of carbonyl (C=O) groups is 1. The van der Waals surface area contributed by atoms with Crippen LogP contribution in [0, 0.1) is 5.41 Å². The molecule has 0 saturated carbocycles. The topological polar surface area (TPSA) is 52.6 Å². The maximum Gasteiger partial charge on any atom is 0.234 e. The van der Waals surface area contributed by atoms with E-state index >= 15 is 0 Å². The Morgan fingerprint density at radius 2 is 2.23 bits per heavy atom. The maximum absolute atomic E-state index is 12.2. The minimum atomic E-state index is -0.116. The normalized spacial score (nSPS) is 24.0. The van der Waals surface area contributed by atoms with E-state index in [4.69, 9.17) is 11.6 Å². The van der Waals surface area contributed by atoms with Crippen LogP contribution in [0.3, 0.4) is 0 Å². The van der Waals surface area contributed by atoms with Crippen molar-refractivity contribution in [1.29, 1.82) is 0 Å². The molecule has 0 bridgehead atoms. The zero-order valence-corrected chi connectivity index (χ0v) is 14.1. The van der Waals surface area contributed by atoms with Gasteiger partial charge in [0.15, 0.2) is 0 Å². The van der Waals surface area contributed by atoms with Gasteiger partial charge in [0.05, 0.1) is 12.6 Å². The fraction of sp³-hybridized carbons (Fsp3) is 0.588. The van der Waals surface area contributed by atoms with Gasteiger partial charge in [0.25, 0.3) is 0 Å². The van der Waals surface area contributed by atoms with Crippen LogP contribution in [0.5, 0.6) is 0 Å². The van der Waals surface area contributed by atoms with Gasteiger partial charge in [-0.2, -0.15) is 0 Å². The summed E-state index contributed by atoms with van der Waals surface area (Å²) in [6, 6.07) is 7.44. The standard InChI is InChI=1S/C17H25ClN2O2/c1-13(14-6-3-4-7-15(14)18)19-16(22)10-20-9-5-8-17(2,11-20)12-21/h3-4,6-7,13,21H,5,8-12H2,1-2H3,(H,19,22). The van der Waals surface area contributed by atoms with Gasteiger partial charge in [-0.25, -0.2) is 0 Å². The van der Waals surface area contributed by atoms with E-state index in [0.717, 1.165) is 31.5 Å². The summed E-state index contributed by atoms with van der Waals surface area (Å²) in [5.41, 5.74) is 0.837. The van der Waals surface area contributed by atoms with Crippen molar-refractivity contribution in [2.24, 2.45) is 5.41 Å². The van der Waals surface area contributed by atoms with Crippen LogP contribution in [0.25, 0.3) is 0 Å². The van der Waals surface area contributed by atoms with Gasteiger partial charge in [0.1, 0.15) is 0 Å². The molecule has 2 unspecified atom stereocenters. The van der Waals surface area contributed by atoms with Crippen LogP contribution in [0.2, 0.25) is 5.02 Å². The summed E-state index contributed by atoms with van der Waals surface area (Å²) in [6.07, 6.45) is 2.03. The molecule has 0 radical (unpaired) electrons. The van der Waals surface area contributed by atoms with Crippen LogP contribution in [-0.4, -0.2) is 42.2 Å². The van der Waals surface area contributed by atoms with Gasteiger partial charge in [-0.15, -0.1) is 0 Å². The van der Waals surface area contributed by atoms with E-state index in [2.05, 4.69) is 17.1 Å². The predicted octanol–water partition coefficient (Wildman–Crippen LogP) is 2.61. The number of carbonyl (C=O) groups excluding carboxylic acids is 1. The van der Waals surface area contributed by atoms with E-state index in [-0.39, 0.29) is 24.0 Å². The third-order valence-electron chi connectivity index (χ3n) is 4.36. The average Bonchev–Trinajstić information content (AvgIpc) is 2.47. The third kappa shape index (κ3) is 4.45.